The summed E-state index contributed by atoms with van der Waals surface area (Å²) < 4.78 is 10.9. The van der Waals surface area contributed by atoms with E-state index in [-0.39, 0.29) is 5.91 Å². The number of hydrogen-bond acceptors (Lipinski definition) is 3. The molecular formula is C15H14ClNO3. The molecule has 0 radical (unpaired) electrons. The van der Waals surface area contributed by atoms with Gasteiger partial charge >= 0.3 is 0 Å². The van der Waals surface area contributed by atoms with Gasteiger partial charge in [0.2, 0.25) is 0 Å². The minimum absolute atomic E-state index is 0.0958. The first-order chi connectivity index (χ1) is 9.74. The van der Waals surface area contributed by atoms with Crippen molar-refractivity contribution in [1.29, 1.82) is 0 Å². The molecule has 0 spiro atoms. The fourth-order valence-electron chi connectivity index (χ4n) is 2.17. The number of hydrogen-bond donors (Lipinski definition) is 0. The van der Waals surface area contributed by atoms with Crippen LogP contribution in [0.2, 0.25) is 5.02 Å². The quantitative estimate of drug-likeness (QED) is 0.854. The molecule has 1 aliphatic rings. The molecule has 104 valence electrons. The van der Waals surface area contributed by atoms with Gasteiger partial charge in [-0.2, -0.15) is 0 Å². The van der Waals surface area contributed by atoms with Crippen LogP contribution in [0.1, 0.15) is 10.6 Å². The number of nitrogens with zero attached hydrogens (tertiary/aromatic N) is 1. The standard InChI is InChI=1S/C15H14ClNO3/c16-12-3-1-2-11(10-12)13-4-5-14(20-13)15(18)17-6-8-19-9-7-17/h1-5,10H,6-9H2. The monoisotopic (exact) mass is 291 g/mol. The Labute approximate surface area is 121 Å². The van der Waals surface area contributed by atoms with E-state index >= 15 is 0 Å². The summed E-state index contributed by atoms with van der Waals surface area (Å²) in [4.78, 5) is 14.0. The summed E-state index contributed by atoms with van der Waals surface area (Å²) in [6.07, 6.45) is 0. The van der Waals surface area contributed by atoms with Gasteiger partial charge in [-0.05, 0) is 24.3 Å². The van der Waals surface area contributed by atoms with E-state index in [1.165, 1.54) is 0 Å². The molecule has 0 bridgehead atoms. The van der Waals surface area contributed by atoms with E-state index in [2.05, 4.69) is 0 Å². The van der Waals surface area contributed by atoms with Crippen molar-refractivity contribution in [3.05, 3.63) is 47.2 Å². The highest BCUT2D eigenvalue weighted by Gasteiger charge is 2.21. The minimum atomic E-state index is -0.0958. The molecule has 0 aliphatic carbocycles. The third-order valence-corrected chi connectivity index (χ3v) is 3.46. The topological polar surface area (TPSA) is 42.7 Å². The highest BCUT2D eigenvalue weighted by Crippen LogP contribution is 2.25. The molecule has 0 saturated carbocycles. The molecule has 4 nitrogen and oxygen atoms in total. The molecular weight excluding hydrogens is 278 g/mol. The second-order valence-corrected chi connectivity index (χ2v) is 5.02. The summed E-state index contributed by atoms with van der Waals surface area (Å²) in [5.74, 6) is 0.896. The van der Waals surface area contributed by atoms with Gasteiger partial charge in [-0.1, -0.05) is 23.7 Å². The smallest absolute Gasteiger partial charge is 0.289 e. The lowest BCUT2D eigenvalue weighted by Gasteiger charge is -2.25. The lowest BCUT2D eigenvalue weighted by atomic mass is 10.2. The molecule has 0 atom stereocenters. The molecule has 20 heavy (non-hydrogen) atoms. The summed E-state index contributed by atoms with van der Waals surface area (Å²) in [6, 6.07) is 10.8. The van der Waals surface area contributed by atoms with E-state index in [0.29, 0.717) is 42.8 Å². The summed E-state index contributed by atoms with van der Waals surface area (Å²) >= 11 is 5.96. The van der Waals surface area contributed by atoms with E-state index in [9.17, 15) is 4.79 Å². The molecule has 1 saturated heterocycles. The van der Waals surface area contributed by atoms with Crippen molar-refractivity contribution in [3.63, 3.8) is 0 Å². The largest absolute Gasteiger partial charge is 0.451 e. The molecule has 5 heteroatoms. The Morgan fingerprint density at radius 2 is 1.95 bits per heavy atom. The van der Waals surface area contributed by atoms with Crippen molar-refractivity contribution in [2.24, 2.45) is 0 Å². The van der Waals surface area contributed by atoms with Gasteiger partial charge in [0.1, 0.15) is 5.76 Å². The van der Waals surface area contributed by atoms with E-state index in [1.54, 1.807) is 23.1 Å². The number of carbonyl (C=O) groups is 1. The van der Waals surface area contributed by atoms with E-state index in [0.717, 1.165) is 5.56 Å². The lowest BCUT2D eigenvalue weighted by molar-refractivity contribution is 0.0283. The molecule has 0 unspecified atom stereocenters. The van der Waals surface area contributed by atoms with E-state index in [4.69, 9.17) is 20.8 Å². The maximum absolute atomic E-state index is 12.3. The second-order valence-electron chi connectivity index (χ2n) is 4.58. The first-order valence-electron chi connectivity index (χ1n) is 6.47. The van der Waals surface area contributed by atoms with Crippen molar-refractivity contribution < 1.29 is 13.9 Å². The Balaban J connectivity index is 1.81. The van der Waals surface area contributed by atoms with Gasteiger partial charge in [0, 0.05) is 23.7 Å². The highest BCUT2D eigenvalue weighted by atomic mass is 35.5. The van der Waals surface area contributed by atoms with Gasteiger partial charge in [0.25, 0.3) is 5.91 Å². The van der Waals surface area contributed by atoms with Gasteiger partial charge in [-0.25, -0.2) is 0 Å². The van der Waals surface area contributed by atoms with Gasteiger partial charge in [-0.3, -0.25) is 4.79 Å². The highest BCUT2D eigenvalue weighted by molar-refractivity contribution is 6.30. The number of halogens is 1. The second kappa shape index (κ2) is 5.69. The average Bonchev–Trinajstić information content (AvgIpc) is 2.97. The maximum atomic E-state index is 12.3. The van der Waals surface area contributed by atoms with Gasteiger partial charge in [0.05, 0.1) is 13.2 Å². The van der Waals surface area contributed by atoms with Crippen LogP contribution in [0, 0.1) is 0 Å². The van der Waals surface area contributed by atoms with Crippen LogP contribution in [-0.2, 0) is 4.74 Å². The summed E-state index contributed by atoms with van der Waals surface area (Å²) in [5, 5.41) is 0.639. The van der Waals surface area contributed by atoms with Crippen molar-refractivity contribution in [1.82, 2.24) is 4.90 Å². The van der Waals surface area contributed by atoms with Crippen LogP contribution < -0.4 is 0 Å². The predicted octanol–water partition coefficient (Wildman–Crippen LogP) is 3.07. The number of amides is 1. The predicted molar refractivity (Wildman–Crippen MR) is 75.9 cm³/mol. The Kier molecular flexibility index (Phi) is 3.76. The minimum Gasteiger partial charge on any atom is -0.451 e. The average molecular weight is 292 g/mol. The number of morpholine rings is 1. The van der Waals surface area contributed by atoms with E-state index < -0.39 is 0 Å². The van der Waals surface area contributed by atoms with Crippen LogP contribution in [0.4, 0.5) is 0 Å². The molecule has 3 rings (SSSR count). The molecule has 1 amide bonds. The fraction of sp³-hybridized carbons (Fsp3) is 0.267. The Hall–Kier alpha value is -1.78. The van der Waals surface area contributed by atoms with Crippen LogP contribution in [0.5, 0.6) is 0 Å². The van der Waals surface area contributed by atoms with E-state index in [1.807, 2.05) is 18.2 Å². The Bertz CT molecular complexity index is 617. The molecule has 1 aliphatic heterocycles. The van der Waals surface area contributed by atoms with Crippen molar-refractivity contribution in [2.45, 2.75) is 0 Å². The normalized spacial score (nSPS) is 15.3. The summed E-state index contributed by atoms with van der Waals surface area (Å²) in [7, 11) is 0. The first-order valence-corrected chi connectivity index (χ1v) is 6.84. The molecule has 1 fully saturated rings. The van der Waals surface area contributed by atoms with Gasteiger partial charge in [-0.15, -0.1) is 0 Å². The summed E-state index contributed by atoms with van der Waals surface area (Å²) in [5.41, 5.74) is 0.860. The van der Waals surface area contributed by atoms with Crippen molar-refractivity contribution >= 4 is 17.5 Å². The number of furan rings is 1. The van der Waals surface area contributed by atoms with Crippen LogP contribution in [-0.4, -0.2) is 37.1 Å². The maximum Gasteiger partial charge on any atom is 0.289 e. The third kappa shape index (κ3) is 2.71. The molecule has 2 aromatic rings. The fourth-order valence-corrected chi connectivity index (χ4v) is 2.36. The first kappa shape index (κ1) is 13.2. The van der Waals surface area contributed by atoms with Gasteiger partial charge < -0.3 is 14.1 Å². The van der Waals surface area contributed by atoms with Crippen LogP contribution in [0.15, 0.2) is 40.8 Å². The Morgan fingerprint density at radius 1 is 1.15 bits per heavy atom. The van der Waals surface area contributed by atoms with Crippen LogP contribution in [0.25, 0.3) is 11.3 Å². The molecule has 1 aromatic carbocycles. The number of rotatable bonds is 2. The summed E-state index contributed by atoms with van der Waals surface area (Å²) in [6.45, 7) is 2.36. The molecule has 2 heterocycles. The lowest BCUT2D eigenvalue weighted by Crippen LogP contribution is -2.40. The number of benzene rings is 1. The molecule has 1 aromatic heterocycles. The van der Waals surface area contributed by atoms with Crippen LogP contribution in [0.3, 0.4) is 0 Å². The zero-order valence-corrected chi connectivity index (χ0v) is 11.6. The zero-order valence-electron chi connectivity index (χ0n) is 10.8. The SMILES string of the molecule is O=C(c1ccc(-c2cccc(Cl)c2)o1)N1CCOCC1. The Morgan fingerprint density at radius 3 is 2.70 bits per heavy atom. The van der Waals surface area contributed by atoms with Gasteiger partial charge in [0.15, 0.2) is 5.76 Å². The number of ether oxygens (including phenoxy) is 1. The zero-order chi connectivity index (χ0) is 13.9. The third-order valence-electron chi connectivity index (χ3n) is 3.22. The van der Waals surface area contributed by atoms with Crippen molar-refractivity contribution in [3.8, 4) is 11.3 Å². The number of carbonyl (C=O) groups excluding carboxylic acids is 1. The van der Waals surface area contributed by atoms with Crippen molar-refractivity contribution in [2.75, 3.05) is 26.3 Å². The molecule has 0 N–H and O–H groups in total. The van der Waals surface area contributed by atoms with Crippen LogP contribution >= 0.6 is 11.6 Å².